The second-order valence-electron chi connectivity index (χ2n) is 7.95. The third-order valence-electron chi connectivity index (χ3n) is 5.72. The van der Waals surface area contributed by atoms with Gasteiger partial charge in [0.25, 0.3) is 0 Å². The van der Waals surface area contributed by atoms with Crippen molar-refractivity contribution >= 4 is 11.0 Å². The fraction of sp³-hybridized carbons (Fsp3) is 0.200. The SMILES string of the molecule is Cc1ccc(C(c2ccccc2)n2c(C)nc3ccc(-c4c(C)nnn4C)cc32)nc1. The van der Waals surface area contributed by atoms with E-state index < -0.39 is 0 Å². The molecule has 0 spiro atoms. The molecule has 0 fully saturated rings. The molecule has 0 saturated heterocycles. The van der Waals surface area contributed by atoms with Crippen molar-refractivity contribution in [3.63, 3.8) is 0 Å². The molecule has 6 nitrogen and oxygen atoms in total. The van der Waals surface area contributed by atoms with E-state index in [1.807, 2.05) is 30.9 Å². The van der Waals surface area contributed by atoms with Crippen molar-refractivity contribution in [3.05, 3.63) is 95.2 Å². The van der Waals surface area contributed by atoms with E-state index in [1.165, 1.54) is 5.56 Å². The van der Waals surface area contributed by atoms with E-state index in [4.69, 9.17) is 9.97 Å². The number of fused-ring (bicyclic) bond motifs is 1. The summed E-state index contributed by atoms with van der Waals surface area (Å²) in [5.41, 5.74) is 8.31. The first-order valence-electron chi connectivity index (χ1n) is 10.4. The van der Waals surface area contributed by atoms with Crippen molar-refractivity contribution in [2.45, 2.75) is 26.8 Å². The van der Waals surface area contributed by atoms with Gasteiger partial charge in [-0.25, -0.2) is 9.67 Å². The van der Waals surface area contributed by atoms with E-state index in [2.05, 4.69) is 83.3 Å². The summed E-state index contributed by atoms with van der Waals surface area (Å²) in [6.07, 6.45) is 1.93. The number of hydrogen-bond donors (Lipinski definition) is 0. The molecule has 2 aromatic carbocycles. The smallest absolute Gasteiger partial charge is 0.107 e. The first kappa shape index (κ1) is 19.2. The van der Waals surface area contributed by atoms with Gasteiger partial charge in [0.1, 0.15) is 11.9 Å². The van der Waals surface area contributed by atoms with Crippen LogP contribution in [0.2, 0.25) is 0 Å². The molecule has 3 aromatic heterocycles. The minimum Gasteiger partial charge on any atom is -0.315 e. The first-order chi connectivity index (χ1) is 15.0. The van der Waals surface area contributed by atoms with Crippen LogP contribution >= 0.6 is 0 Å². The van der Waals surface area contributed by atoms with Gasteiger partial charge in [-0.3, -0.25) is 4.98 Å². The monoisotopic (exact) mass is 408 g/mol. The number of rotatable bonds is 4. The van der Waals surface area contributed by atoms with Gasteiger partial charge in [-0.1, -0.05) is 47.7 Å². The van der Waals surface area contributed by atoms with Crippen LogP contribution in [0.5, 0.6) is 0 Å². The minimum atomic E-state index is -0.0761. The molecule has 0 aliphatic heterocycles. The molecule has 31 heavy (non-hydrogen) atoms. The third-order valence-corrected chi connectivity index (χ3v) is 5.72. The number of benzene rings is 2. The molecule has 0 radical (unpaired) electrons. The normalized spacial score (nSPS) is 12.4. The molecular weight excluding hydrogens is 384 g/mol. The number of imidazole rings is 1. The summed E-state index contributed by atoms with van der Waals surface area (Å²) in [6.45, 7) is 6.10. The average molecular weight is 409 g/mol. The standard InChI is InChI=1S/C25H24N6/c1-16-10-12-22(26-15-16)25(19-8-6-5-7-9-19)31-18(3)27-21-13-11-20(14-23(21)31)24-17(2)28-29-30(24)4/h5-15,25H,1-4H3. The van der Waals surface area contributed by atoms with Crippen LogP contribution in [0, 0.1) is 20.8 Å². The maximum atomic E-state index is 4.87. The van der Waals surface area contributed by atoms with Gasteiger partial charge in [0.15, 0.2) is 0 Å². The summed E-state index contributed by atoms with van der Waals surface area (Å²) < 4.78 is 4.10. The maximum absolute atomic E-state index is 4.87. The Morgan fingerprint density at radius 2 is 1.71 bits per heavy atom. The summed E-state index contributed by atoms with van der Waals surface area (Å²) in [5.74, 6) is 0.947. The third kappa shape index (κ3) is 3.30. The number of aromatic nitrogens is 6. The molecule has 1 atom stereocenters. The molecule has 5 aromatic rings. The Hall–Kier alpha value is -3.80. The lowest BCUT2D eigenvalue weighted by Crippen LogP contribution is -2.15. The van der Waals surface area contributed by atoms with E-state index in [0.29, 0.717) is 0 Å². The lowest BCUT2D eigenvalue weighted by molar-refractivity contribution is 0.655. The molecule has 1 unspecified atom stereocenters. The largest absolute Gasteiger partial charge is 0.315 e. The van der Waals surface area contributed by atoms with Crippen LogP contribution in [-0.2, 0) is 7.05 Å². The van der Waals surface area contributed by atoms with Gasteiger partial charge < -0.3 is 4.57 Å². The number of aryl methyl sites for hydroxylation is 4. The highest BCUT2D eigenvalue weighted by Gasteiger charge is 2.23. The average Bonchev–Trinajstić information content (AvgIpc) is 3.28. The van der Waals surface area contributed by atoms with Crippen LogP contribution in [0.25, 0.3) is 22.3 Å². The zero-order valence-electron chi connectivity index (χ0n) is 18.1. The fourth-order valence-electron chi connectivity index (χ4n) is 4.27. The van der Waals surface area contributed by atoms with Crippen molar-refractivity contribution in [2.75, 3.05) is 0 Å². The summed E-state index contributed by atoms with van der Waals surface area (Å²) in [4.78, 5) is 9.65. The predicted octanol–water partition coefficient (Wildman–Crippen LogP) is 4.79. The fourth-order valence-corrected chi connectivity index (χ4v) is 4.27. The molecule has 6 heteroatoms. The van der Waals surface area contributed by atoms with Crippen LogP contribution in [0.3, 0.4) is 0 Å². The van der Waals surface area contributed by atoms with Crippen LogP contribution in [0.1, 0.15) is 34.4 Å². The van der Waals surface area contributed by atoms with E-state index in [9.17, 15) is 0 Å². The van der Waals surface area contributed by atoms with Gasteiger partial charge in [-0.15, -0.1) is 5.10 Å². The Morgan fingerprint density at radius 1 is 0.903 bits per heavy atom. The molecule has 0 amide bonds. The Kier molecular flexibility index (Phi) is 4.62. The summed E-state index contributed by atoms with van der Waals surface area (Å²) in [6, 6.07) is 21.0. The zero-order chi connectivity index (χ0) is 21.5. The maximum Gasteiger partial charge on any atom is 0.107 e. The quantitative estimate of drug-likeness (QED) is 0.429. The van der Waals surface area contributed by atoms with Crippen molar-refractivity contribution in [1.29, 1.82) is 0 Å². The van der Waals surface area contributed by atoms with Crippen LogP contribution in [0.4, 0.5) is 0 Å². The Labute approximate surface area is 181 Å². The van der Waals surface area contributed by atoms with Crippen molar-refractivity contribution in [2.24, 2.45) is 7.05 Å². The van der Waals surface area contributed by atoms with Crippen molar-refractivity contribution < 1.29 is 0 Å². The molecule has 154 valence electrons. The lowest BCUT2D eigenvalue weighted by Gasteiger charge is -2.22. The Bertz CT molecular complexity index is 1340. The second-order valence-corrected chi connectivity index (χ2v) is 7.95. The number of hydrogen-bond acceptors (Lipinski definition) is 4. The van der Waals surface area contributed by atoms with Gasteiger partial charge in [0.05, 0.1) is 28.1 Å². The Balaban J connectivity index is 1.77. The molecule has 5 rings (SSSR count). The minimum absolute atomic E-state index is 0.0761. The topological polar surface area (TPSA) is 61.4 Å². The highest BCUT2D eigenvalue weighted by molar-refractivity contribution is 5.83. The Morgan fingerprint density at radius 3 is 2.39 bits per heavy atom. The summed E-state index contributed by atoms with van der Waals surface area (Å²) in [5, 5.41) is 8.39. The van der Waals surface area contributed by atoms with Gasteiger partial charge >= 0.3 is 0 Å². The number of nitrogens with zero attached hydrogens (tertiary/aromatic N) is 6. The lowest BCUT2D eigenvalue weighted by atomic mass is 10.0. The molecule has 0 aliphatic carbocycles. The first-order valence-corrected chi connectivity index (χ1v) is 10.4. The molecular formula is C25H24N6. The molecule has 3 heterocycles. The summed E-state index contributed by atoms with van der Waals surface area (Å²) in [7, 11) is 1.92. The van der Waals surface area contributed by atoms with Gasteiger partial charge in [0, 0.05) is 18.8 Å². The van der Waals surface area contributed by atoms with Gasteiger partial charge in [-0.05, 0) is 50.1 Å². The number of pyridine rings is 1. The van der Waals surface area contributed by atoms with E-state index in [0.717, 1.165) is 45.1 Å². The highest BCUT2D eigenvalue weighted by atomic mass is 15.4. The van der Waals surface area contributed by atoms with Crippen LogP contribution < -0.4 is 0 Å². The molecule has 0 N–H and O–H groups in total. The van der Waals surface area contributed by atoms with Gasteiger partial charge in [0.2, 0.25) is 0 Å². The van der Waals surface area contributed by atoms with Crippen molar-refractivity contribution in [1.82, 2.24) is 29.5 Å². The van der Waals surface area contributed by atoms with Crippen molar-refractivity contribution in [3.8, 4) is 11.3 Å². The highest BCUT2D eigenvalue weighted by Crippen LogP contribution is 2.33. The van der Waals surface area contributed by atoms with Crippen LogP contribution in [0.15, 0.2) is 66.9 Å². The zero-order valence-corrected chi connectivity index (χ0v) is 18.1. The molecule has 0 bridgehead atoms. The molecule has 0 saturated carbocycles. The predicted molar refractivity (Wildman–Crippen MR) is 122 cm³/mol. The van der Waals surface area contributed by atoms with E-state index in [-0.39, 0.29) is 6.04 Å². The summed E-state index contributed by atoms with van der Waals surface area (Å²) >= 11 is 0. The van der Waals surface area contributed by atoms with Crippen LogP contribution in [-0.4, -0.2) is 29.5 Å². The van der Waals surface area contributed by atoms with E-state index in [1.54, 1.807) is 0 Å². The van der Waals surface area contributed by atoms with Gasteiger partial charge in [-0.2, -0.15) is 0 Å². The van der Waals surface area contributed by atoms with E-state index >= 15 is 0 Å². The molecule has 0 aliphatic rings. The second kappa shape index (κ2) is 7.47.